The fourth-order valence-corrected chi connectivity index (χ4v) is 7.47. The van der Waals surface area contributed by atoms with Crippen LogP contribution >= 0.6 is 12.4 Å². The van der Waals surface area contributed by atoms with E-state index < -0.39 is 10.4 Å². The Morgan fingerprint density at radius 2 is 0.981 bits per heavy atom. The minimum atomic E-state index is -4.67. The zero-order chi connectivity index (χ0) is 36.8. The minimum Gasteiger partial charge on any atom is -0.365 e. The second-order valence-corrected chi connectivity index (χ2v) is 14.6. The molecular formula is C44H53ClN2O5S. The van der Waals surface area contributed by atoms with Gasteiger partial charge in [-0.2, -0.15) is 8.42 Å². The van der Waals surface area contributed by atoms with Gasteiger partial charge in [0.05, 0.1) is 6.10 Å². The Kier molecular flexibility index (Phi) is 16.7. The van der Waals surface area contributed by atoms with Crippen LogP contribution in [0.25, 0.3) is 0 Å². The van der Waals surface area contributed by atoms with Gasteiger partial charge in [0.15, 0.2) is 0 Å². The predicted octanol–water partition coefficient (Wildman–Crippen LogP) is 9.75. The monoisotopic (exact) mass is 756 g/mol. The molecule has 9 heteroatoms. The third-order valence-electron chi connectivity index (χ3n) is 10.2. The quantitative estimate of drug-likeness (QED) is 0.116. The van der Waals surface area contributed by atoms with Crippen LogP contribution in [0.15, 0.2) is 152 Å². The van der Waals surface area contributed by atoms with Crippen molar-refractivity contribution < 1.29 is 22.3 Å². The molecule has 0 aliphatic carbocycles. The van der Waals surface area contributed by atoms with Crippen LogP contribution in [0.4, 0.5) is 0 Å². The molecule has 0 radical (unpaired) electrons. The van der Waals surface area contributed by atoms with Crippen molar-refractivity contribution in [1.82, 2.24) is 10.2 Å². The highest BCUT2D eigenvalue weighted by Gasteiger charge is 2.39. The van der Waals surface area contributed by atoms with Crippen LogP contribution in [0.3, 0.4) is 0 Å². The normalized spacial score (nSPS) is 18.6. The molecule has 7 rings (SSSR count). The Bertz CT molecular complexity index is 1740. The summed E-state index contributed by atoms with van der Waals surface area (Å²) in [4.78, 5) is 2.57. The van der Waals surface area contributed by atoms with Gasteiger partial charge in [0.1, 0.15) is 6.10 Å². The number of nitrogens with zero attached hydrogens (tertiary/aromatic N) is 1. The van der Waals surface area contributed by atoms with E-state index in [9.17, 15) is 0 Å². The number of hydrogen-bond donors (Lipinski definition) is 3. The van der Waals surface area contributed by atoms with Gasteiger partial charge in [-0.25, -0.2) is 0 Å². The molecule has 7 nitrogen and oxygen atoms in total. The van der Waals surface area contributed by atoms with Gasteiger partial charge in [-0.05, 0) is 80.4 Å². The van der Waals surface area contributed by atoms with Crippen LogP contribution in [0.1, 0.15) is 84.9 Å². The number of hydrogen-bond acceptors (Lipinski definition) is 5. The van der Waals surface area contributed by atoms with Gasteiger partial charge in [0.2, 0.25) is 0 Å². The van der Waals surface area contributed by atoms with E-state index in [4.69, 9.17) is 22.3 Å². The van der Waals surface area contributed by atoms with Crippen molar-refractivity contribution in [2.45, 2.75) is 75.3 Å². The summed E-state index contributed by atoms with van der Waals surface area (Å²) in [6.45, 7) is 3.22. The first-order valence-electron chi connectivity index (χ1n) is 18.2. The molecule has 0 amide bonds. The molecule has 3 atom stereocenters. The maximum absolute atomic E-state index is 8.74. The molecule has 3 unspecified atom stereocenters. The number of piperidine rings is 1. The maximum atomic E-state index is 8.74. The average Bonchev–Trinajstić information content (AvgIpc) is 3.36. The minimum absolute atomic E-state index is 0. The zero-order valence-corrected chi connectivity index (χ0v) is 32.2. The second-order valence-electron chi connectivity index (χ2n) is 13.7. The van der Waals surface area contributed by atoms with Crippen LogP contribution in [-0.4, -0.2) is 54.2 Å². The molecule has 0 saturated carbocycles. The molecule has 53 heavy (non-hydrogen) atoms. The number of ether oxygens (including phenoxy) is 1. The number of rotatable bonds is 11. The van der Waals surface area contributed by atoms with Crippen LogP contribution in [0.2, 0.25) is 0 Å². The molecule has 5 aromatic rings. The predicted molar refractivity (Wildman–Crippen MR) is 217 cm³/mol. The molecule has 2 aliphatic rings. The molecule has 3 N–H and O–H groups in total. The van der Waals surface area contributed by atoms with E-state index in [1.807, 2.05) is 0 Å². The van der Waals surface area contributed by atoms with Gasteiger partial charge in [0.25, 0.3) is 0 Å². The van der Waals surface area contributed by atoms with E-state index in [0.717, 1.165) is 13.0 Å². The molecular weight excluding hydrogens is 704 g/mol. The number of nitrogens with one attached hydrogen (secondary N) is 1. The van der Waals surface area contributed by atoms with Crippen LogP contribution in [0.5, 0.6) is 0 Å². The van der Waals surface area contributed by atoms with Crippen molar-refractivity contribution in [1.29, 1.82) is 0 Å². The van der Waals surface area contributed by atoms with E-state index >= 15 is 0 Å². The highest BCUT2D eigenvalue weighted by atomic mass is 35.5. The highest BCUT2D eigenvalue weighted by molar-refractivity contribution is 7.79. The molecule has 2 fully saturated rings. The van der Waals surface area contributed by atoms with E-state index in [0.29, 0.717) is 30.1 Å². The Hall–Kier alpha value is -3.86. The molecule has 2 saturated heterocycles. The standard InChI is InChI=1S/C23H25N.C21H25NO.ClH.H2O4S/c1-19(20-11-5-2-6-12-20)24-18-17-23(21-13-7-3-8-14-21)22-15-9-4-10-16-22;1-22-18-12-13-19(22)15-20(14-18)23-21(16-8-4-2-5-9-16)17-10-6-3-7-11-17;;1-5(2,3)4/h2-16,19,23-24H,17-18H2,1H3;2-11,18-21H,12-15H2,1H3;1H;(H2,1,2,3,4). The summed E-state index contributed by atoms with van der Waals surface area (Å²) in [7, 11) is -2.38. The molecule has 282 valence electrons. The molecule has 2 aliphatic heterocycles. The lowest BCUT2D eigenvalue weighted by atomic mass is 9.88. The van der Waals surface area contributed by atoms with Crippen LogP contribution in [0, 0.1) is 0 Å². The summed E-state index contributed by atoms with van der Waals surface area (Å²) in [5.74, 6) is 0.433. The Morgan fingerprint density at radius 1 is 0.642 bits per heavy atom. The van der Waals surface area contributed by atoms with Gasteiger partial charge in [-0.15, -0.1) is 12.4 Å². The lowest BCUT2D eigenvalue weighted by Crippen LogP contribution is -2.43. The topological polar surface area (TPSA) is 99.1 Å². The molecule has 0 aromatic heterocycles. The van der Waals surface area contributed by atoms with Crippen molar-refractivity contribution >= 4 is 22.8 Å². The fraction of sp³-hybridized carbons (Fsp3) is 0.318. The van der Waals surface area contributed by atoms with E-state index in [1.165, 1.54) is 53.5 Å². The van der Waals surface area contributed by atoms with Gasteiger partial charge in [-0.3, -0.25) is 9.11 Å². The Labute approximate surface area is 322 Å². The van der Waals surface area contributed by atoms with E-state index in [1.54, 1.807) is 0 Å². The average molecular weight is 757 g/mol. The molecule has 2 heterocycles. The number of halogens is 1. The van der Waals surface area contributed by atoms with Crippen molar-refractivity contribution in [2.75, 3.05) is 13.6 Å². The first-order valence-corrected chi connectivity index (χ1v) is 19.6. The SMILES string of the molecule is CC(NCCC(c1ccccc1)c1ccccc1)c1ccccc1.CN1C2CCC1CC(OC(c1ccccc1)c1ccccc1)C2.Cl.O=S(=O)(O)O. The van der Waals surface area contributed by atoms with E-state index in [2.05, 4.69) is 176 Å². The maximum Gasteiger partial charge on any atom is 0.394 e. The van der Waals surface area contributed by atoms with E-state index in [-0.39, 0.29) is 18.5 Å². The third kappa shape index (κ3) is 13.5. The third-order valence-corrected chi connectivity index (χ3v) is 10.2. The largest absolute Gasteiger partial charge is 0.394 e. The Morgan fingerprint density at radius 3 is 1.36 bits per heavy atom. The molecule has 0 spiro atoms. The lowest BCUT2D eigenvalue weighted by molar-refractivity contribution is -0.0426. The summed E-state index contributed by atoms with van der Waals surface area (Å²) in [6.07, 6.45) is 6.52. The van der Waals surface area contributed by atoms with Gasteiger partial charge >= 0.3 is 10.4 Å². The summed E-state index contributed by atoms with van der Waals surface area (Å²) >= 11 is 0. The molecule has 2 bridgehead atoms. The highest BCUT2D eigenvalue weighted by Crippen LogP contribution is 2.38. The van der Waals surface area contributed by atoms with Gasteiger partial charge in [0, 0.05) is 24.0 Å². The first kappa shape index (κ1) is 41.9. The summed E-state index contributed by atoms with van der Waals surface area (Å²) in [5, 5.41) is 3.67. The van der Waals surface area contributed by atoms with Gasteiger partial charge < -0.3 is 15.0 Å². The lowest BCUT2D eigenvalue weighted by Gasteiger charge is -2.38. The summed E-state index contributed by atoms with van der Waals surface area (Å²) in [6, 6.07) is 55.4. The Balaban J connectivity index is 0.000000207. The smallest absolute Gasteiger partial charge is 0.365 e. The van der Waals surface area contributed by atoms with Crippen LogP contribution < -0.4 is 5.32 Å². The van der Waals surface area contributed by atoms with Crippen molar-refractivity contribution in [3.05, 3.63) is 179 Å². The van der Waals surface area contributed by atoms with Crippen molar-refractivity contribution in [3.63, 3.8) is 0 Å². The van der Waals surface area contributed by atoms with Gasteiger partial charge in [-0.1, -0.05) is 152 Å². The number of benzene rings is 5. The summed E-state index contributed by atoms with van der Waals surface area (Å²) < 4.78 is 38.2. The fourth-order valence-electron chi connectivity index (χ4n) is 7.47. The number of fused-ring (bicyclic) bond motifs is 2. The van der Waals surface area contributed by atoms with Crippen molar-refractivity contribution in [2.24, 2.45) is 0 Å². The molecule has 5 aromatic carbocycles. The second kappa shape index (κ2) is 21.1. The zero-order valence-electron chi connectivity index (χ0n) is 30.5. The first-order chi connectivity index (χ1) is 25.2. The van der Waals surface area contributed by atoms with Crippen molar-refractivity contribution in [3.8, 4) is 0 Å². The van der Waals surface area contributed by atoms with Crippen LogP contribution in [-0.2, 0) is 15.1 Å². The summed E-state index contributed by atoms with van der Waals surface area (Å²) in [5.41, 5.74) is 6.62.